The highest BCUT2D eigenvalue weighted by atomic mass is 16.1. The summed E-state index contributed by atoms with van der Waals surface area (Å²) >= 11 is 0. The Morgan fingerprint density at radius 3 is 2.70 bits per heavy atom. The molecule has 0 aliphatic carbocycles. The van der Waals surface area contributed by atoms with Crippen molar-refractivity contribution in [3.63, 3.8) is 0 Å². The summed E-state index contributed by atoms with van der Waals surface area (Å²) in [6.07, 6.45) is 1.67. The number of nitrogens with one attached hydrogen (secondary N) is 1. The summed E-state index contributed by atoms with van der Waals surface area (Å²) in [7, 11) is 0. The second-order valence-electron chi connectivity index (χ2n) is 6.34. The summed E-state index contributed by atoms with van der Waals surface area (Å²) < 4.78 is 0. The molecule has 1 amide bonds. The first-order valence-corrected chi connectivity index (χ1v) is 7.60. The highest BCUT2D eigenvalue weighted by molar-refractivity contribution is 5.91. The van der Waals surface area contributed by atoms with Gasteiger partial charge in [-0.15, -0.1) is 0 Å². The number of nitrogens with zero attached hydrogens (tertiary/aromatic N) is 1. The van der Waals surface area contributed by atoms with E-state index in [1.54, 1.807) is 0 Å². The van der Waals surface area contributed by atoms with Gasteiger partial charge in [0.2, 0.25) is 5.91 Å². The molecule has 3 nitrogen and oxygen atoms in total. The van der Waals surface area contributed by atoms with Gasteiger partial charge in [-0.05, 0) is 50.8 Å². The molecule has 1 aromatic carbocycles. The molecule has 110 valence electrons. The lowest BCUT2D eigenvalue weighted by molar-refractivity contribution is -0.115. The zero-order valence-electron chi connectivity index (χ0n) is 13.3. The zero-order chi connectivity index (χ0) is 14.9. The molecule has 2 rings (SSSR count). The minimum absolute atomic E-state index is 0.0658. The Labute approximate surface area is 122 Å². The predicted octanol–water partition coefficient (Wildman–Crippen LogP) is 4.15. The summed E-state index contributed by atoms with van der Waals surface area (Å²) in [4.78, 5) is 14.0. The summed E-state index contributed by atoms with van der Waals surface area (Å²) in [5.41, 5.74) is 3.72. The first-order chi connectivity index (χ1) is 9.39. The van der Waals surface area contributed by atoms with Gasteiger partial charge in [-0.25, -0.2) is 0 Å². The maximum absolute atomic E-state index is 11.6. The van der Waals surface area contributed by atoms with E-state index in [4.69, 9.17) is 0 Å². The number of rotatable bonds is 3. The van der Waals surface area contributed by atoms with Crippen molar-refractivity contribution in [2.24, 2.45) is 0 Å². The lowest BCUT2D eigenvalue weighted by Gasteiger charge is -2.47. The van der Waals surface area contributed by atoms with Crippen LogP contribution >= 0.6 is 0 Å². The molecule has 0 radical (unpaired) electrons. The van der Waals surface area contributed by atoms with Crippen molar-refractivity contribution >= 4 is 17.3 Å². The number of anilines is 2. The first-order valence-electron chi connectivity index (χ1n) is 7.60. The molecule has 1 aliphatic heterocycles. The third-order valence-corrected chi connectivity index (χ3v) is 4.31. The molecule has 1 aliphatic rings. The monoisotopic (exact) mass is 274 g/mol. The number of amides is 1. The van der Waals surface area contributed by atoms with Crippen LogP contribution in [-0.2, 0) is 4.79 Å². The van der Waals surface area contributed by atoms with Crippen molar-refractivity contribution < 1.29 is 4.79 Å². The predicted molar refractivity (Wildman–Crippen MR) is 85.5 cm³/mol. The van der Waals surface area contributed by atoms with Crippen LogP contribution in [0.1, 0.15) is 58.9 Å². The Balaban J connectivity index is 2.41. The van der Waals surface area contributed by atoms with Gasteiger partial charge in [0.25, 0.3) is 0 Å². The Morgan fingerprint density at radius 2 is 2.10 bits per heavy atom. The standard InChI is InChI=1S/C17H26N2O/c1-6-16(20)18-13-8-9-14-12(3)11-17(4,5)19(7-2)15(14)10-13/h8-10,12H,6-7,11H2,1-5H3,(H,18,20). The Hall–Kier alpha value is -1.51. The molecule has 0 bridgehead atoms. The molecule has 1 N–H and O–H groups in total. The van der Waals surface area contributed by atoms with E-state index in [2.05, 4.69) is 50.0 Å². The third kappa shape index (κ3) is 2.67. The van der Waals surface area contributed by atoms with Crippen LogP contribution in [0.5, 0.6) is 0 Å². The van der Waals surface area contributed by atoms with E-state index < -0.39 is 0 Å². The van der Waals surface area contributed by atoms with Crippen LogP contribution in [0, 0.1) is 0 Å². The Kier molecular flexibility index (Phi) is 4.07. The molecule has 1 unspecified atom stereocenters. The van der Waals surface area contributed by atoms with E-state index in [1.165, 1.54) is 11.3 Å². The SMILES string of the molecule is CCC(=O)Nc1ccc2c(c1)N(CC)C(C)(C)CC2C. The molecule has 1 aromatic rings. The average Bonchev–Trinajstić information content (AvgIpc) is 2.37. The van der Waals surface area contributed by atoms with Crippen LogP contribution in [0.3, 0.4) is 0 Å². The fourth-order valence-corrected chi connectivity index (χ4v) is 3.42. The smallest absolute Gasteiger partial charge is 0.224 e. The lowest BCUT2D eigenvalue weighted by Crippen LogP contribution is -2.48. The van der Waals surface area contributed by atoms with Crippen molar-refractivity contribution in [1.29, 1.82) is 0 Å². The molecule has 0 saturated carbocycles. The minimum Gasteiger partial charge on any atom is -0.366 e. The molecule has 0 spiro atoms. The normalized spacial score (nSPS) is 20.4. The van der Waals surface area contributed by atoms with Crippen molar-refractivity contribution in [2.45, 2.75) is 58.9 Å². The maximum atomic E-state index is 11.6. The molecule has 1 atom stereocenters. The van der Waals surface area contributed by atoms with Crippen LogP contribution in [0.4, 0.5) is 11.4 Å². The van der Waals surface area contributed by atoms with Crippen LogP contribution in [0.15, 0.2) is 18.2 Å². The summed E-state index contributed by atoms with van der Waals surface area (Å²) in [6, 6.07) is 6.32. The van der Waals surface area contributed by atoms with Gasteiger partial charge >= 0.3 is 0 Å². The fraction of sp³-hybridized carbons (Fsp3) is 0.588. The number of carbonyl (C=O) groups is 1. The second-order valence-corrected chi connectivity index (χ2v) is 6.34. The van der Waals surface area contributed by atoms with E-state index in [0.29, 0.717) is 12.3 Å². The highest BCUT2D eigenvalue weighted by Gasteiger charge is 2.35. The molecule has 0 saturated heterocycles. The molecule has 0 aromatic heterocycles. The van der Waals surface area contributed by atoms with E-state index >= 15 is 0 Å². The second kappa shape index (κ2) is 5.47. The number of carbonyl (C=O) groups excluding carboxylic acids is 1. The molecule has 20 heavy (non-hydrogen) atoms. The van der Waals surface area contributed by atoms with Crippen LogP contribution < -0.4 is 10.2 Å². The first kappa shape index (κ1) is 14.9. The summed E-state index contributed by atoms with van der Waals surface area (Å²) in [6.45, 7) is 11.9. The summed E-state index contributed by atoms with van der Waals surface area (Å²) in [5, 5.41) is 2.96. The van der Waals surface area contributed by atoms with E-state index in [1.807, 2.05) is 13.0 Å². The van der Waals surface area contributed by atoms with Crippen molar-refractivity contribution in [1.82, 2.24) is 0 Å². The number of hydrogen-bond acceptors (Lipinski definition) is 2. The maximum Gasteiger partial charge on any atom is 0.224 e. The van der Waals surface area contributed by atoms with Gasteiger partial charge in [0.05, 0.1) is 0 Å². The summed E-state index contributed by atoms with van der Waals surface area (Å²) in [5.74, 6) is 0.620. The quantitative estimate of drug-likeness (QED) is 0.898. The Morgan fingerprint density at radius 1 is 1.40 bits per heavy atom. The van der Waals surface area contributed by atoms with E-state index in [-0.39, 0.29) is 11.4 Å². The number of benzene rings is 1. The van der Waals surface area contributed by atoms with Crippen LogP contribution in [-0.4, -0.2) is 18.0 Å². The fourth-order valence-electron chi connectivity index (χ4n) is 3.42. The molecule has 3 heteroatoms. The van der Waals surface area contributed by atoms with Gasteiger partial charge in [-0.2, -0.15) is 0 Å². The largest absolute Gasteiger partial charge is 0.366 e. The van der Waals surface area contributed by atoms with Crippen molar-refractivity contribution in [2.75, 3.05) is 16.8 Å². The van der Waals surface area contributed by atoms with E-state index in [0.717, 1.165) is 18.7 Å². The topological polar surface area (TPSA) is 32.3 Å². The minimum atomic E-state index is 0.0658. The molecular formula is C17H26N2O. The molecule has 1 heterocycles. The number of fused-ring (bicyclic) bond motifs is 1. The highest BCUT2D eigenvalue weighted by Crippen LogP contribution is 2.44. The molecule has 0 fully saturated rings. The third-order valence-electron chi connectivity index (χ3n) is 4.31. The van der Waals surface area contributed by atoms with Gasteiger partial charge in [0.15, 0.2) is 0 Å². The number of hydrogen-bond donors (Lipinski definition) is 1. The van der Waals surface area contributed by atoms with Gasteiger partial charge in [-0.1, -0.05) is 19.9 Å². The van der Waals surface area contributed by atoms with Gasteiger partial charge < -0.3 is 10.2 Å². The molecular weight excluding hydrogens is 248 g/mol. The van der Waals surface area contributed by atoms with E-state index in [9.17, 15) is 4.79 Å². The zero-order valence-corrected chi connectivity index (χ0v) is 13.3. The van der Waals surface area contributed by atoms with Gasteiger partial charge in [0, 0.05) is 29.9 Å². The van der Waals surface area contributed by atoms with Crippen LogP contribution in [0.25, 0.3) is 0 Å². The lowest BCUT2D eigenvalue weighted by atomic mass is 9.80. The van der Waals surface area contributed by atoms with Crippen molar-refractivity contribution in [3.8, 4) is 0 Å². The van der Waals surface area contributed by atoms with Crippen molar-refractivity contribution in [3.05, 3.63) is 23.8 Å². The van der Waals surface area contributed by atoms with Gasteiger partial charge in [-0.3, -0.25) is 4.79 Å². The Bertz CT molecular complexity index is 508. The van der Waals surface area contributed by atoms with Crippen LogP contribution in [0.2, 0.25) is 0 Å². The van der Waals surface area contributed by atoms with Gasteiger partial charge in [0.1, 0.15) is 0 Å². The average molecular weight is 274 g/mol.